The maximum atomic E-state index is 12.6. The van der Waals surface area contributed by atoms with Crippen LogP contribution in [-0.4, -0.2) is 21.1 Å². The van der Waals surface area contributed by atoms with Crippen LogP contribution in [0.1, 0.15) is 10.6 Å². The fourth-order valence-corrected chi connectivity index (χ4v) is 4.99. The third-order valence-electron chi connectivity index (χ3n) is 5.05. The van der Waals surface area contributed by atoms with E-state index in [4.69, 9.17) is 39.8 Å². The molecule has 3 N–H and O–H groups in total. The number of phenols is 1. The zero-order valence-corrected chi connectivity index (χ0v) is 20.9. The summed E-state index contributed by atoms with van der Waals surface area (Å²) in [5, 5.41) is 17.4. The molecular weight excluding hydrogens is 525 g/mol. The first-order valence-corrected chi connectivity index (χ1v) is 12.2. The summed E-state index contributed by atoms with van der Waals surface area (Å²) >= 11 is 19.1. The van der Waals surface area contributed by atoms with Crippen molar-refractivity contribution in [3.05, 3.63) is 88.6 Å². The number of benzene rings is 3. The summed E-state index contributed by atoms with van der Waals surface area (Å²) < 4.78 is 6.67. The van der Waals surface area contributed by atoms with Crippen LogP contribution < -0.4 is 10.6 Å². The van der Waals surface area contributed by atoms with E-state index in [0.29, 0.717) is 37.6 Å². The highest BCUT2D eigenvalue weighted by molar-refractivity contribution is 7.80. The van der Waals surface area contributed by atoms with Gasteiger partial charge in [-0.1, -0.05) is 41.4 Å². The molecule has 6 nitrogen and oxygen atoms in total. The van der Waals surface area contributed by atoms with Crippen molar-refractivity contribution < 1.29 is 14.3 Å². The summed E-state index contributed by atoms with van der Waals surface area (Å²) in [6, 6.07) is 21.0. The van der Waals surface area contributed by atoms with Crippen molar-refractivity contribution in [3.63, 3.8) is 0 Å². The smallest absolute Gasteiger partial charge is 0.293 e. The first kappa shape index (κ1) is 23.3. The van der Waals surface area contributed by atoms with Gasteiger partial charge < -0.3 is 14.8 Å². The molecule has 5 rings (SSSR count). The Kier molecular flexibility index (Phi) is 6.44. The Morgan fingerprint density at radius 2 is 1.83 bits per heavy atom. The molecule has 10 heteroatoms. The highest BCUT2D eigenvalue weighted by atomic mass is 35.5. The molecule has 3 aromatic carbocycles. The average Bonchev–Trinajstić information content (AvgIpc) is 3.49. The molecule has 0 radical (unpaired) electrons. The van der Waals surface area contributed by atoms with Crippen LogP contribution in [0.4, 0.5) is 5.69 Å². The first-order chi connectivity index (χ1) is 16.9. The van der Waals surface area contributed by atoms with Gasteiger partial charge in [-0.15, -0.1) is 11.3 Å². The Hall–Kier alpha value is -3.43. The summed E-state index contributed by atoms with van der Waals surface area (Å²) in [7, 11) is 0. The summed E-state index contributed by atoms with van der Waals surface area (Å²) in [6.45, 7) is 0. The van der Waals surface area contributed by atoms with E-state index >= 15 is 0 Å². The molecule has 1 amide bonds. The SMILES string of the molecule is O=C(NC(=S)Nc1ccc(O)c(-c2nc3ccccc3s2)c1)c1ccc(-c2cccc(Cl)c2Cl)o1. The number of amides is 1. The Balaban J connectivity index is 1.30. The molecule has 2 heterocycles. The Morgan fingerprint density at radius 1 is 1.00 bits per heavy atom. The predicted molar refractivity (Wildman–Crippen MR) is 145 cm³/mol. The largest absolute Gasteiger partial charge is 0.507 e. The number of fused-ring (bicyclic) bond motifs is 1. The Labute approximate surface area is 219 Å². The second-order valence-electron chi connectivity index (χ2n) is 7.39. The first-order valence-electron chi connectivity index (χ1n) is 10.2. The van der Waals surface area contributed by atoms with Crippen LogP contribution in [-0.2, 0) is 0 Å². The van der Waals surface area contributed by atoms with Crippen molar-refractivity contribution in [2.24, 2.45) is 0 Å². The maximum absolute atomic E-state index is 12.6. The van der Waals surface area contributed by atoms with Crippen molar-refractivity contribution in [1.29, 1.82) is 0 Å². The molecule has 0 atom stereocenters. The number of anilines is 1. The van der Waals surface area contributed by atoms with Crippen LogP contribution in [0.2, 0.25) is 10.0 Å². The van der Waals surface area contributed by atoms with Crippen LogP contribution in [0.15, 0.2) is 77.2 Å². The lowest BCUT2D eigenvalue weighted by molar-refractivity contribution is 0.0951. The number of carbonyl (C=O) groups excluding carboxylic acids is 1. The lowest BCUT2D eigenvalue weighted by atomic mass is 10.2. The van der Waals surface area contributed by atoms with Gasteiger partial charge in [0.15, 0.2) is 10.9 Å². The summed E-state index contributed by atoms with van der Waals surface area (Å²) in [6.07, 6.45) is 0. The number of aromatic nitrogens is 1. The standard InChI is InChI=1S/C25H15Cl2N3O3S2/c26-16-5-3-4-14(22(16)27)19-10-11-20(33-19)23(32)30-25(34)28-13-8-9-18(31)15(12-13)24-29-17-6-1-2-7-21(17)35-24/h1-12,31H,(H2,28,30,32,34). The van der Waals surface area contributed by atoms with Gasteiger partial charge in [0, 0.05) is 11.3 Å². The molecule has 0 fully saturated rings. The lowest BCUT2D eigenvalue weighted by Crippen LogP contribution is -2.33. The molecule has 0 unspecified atom stereocenters. The molecule has 2 aromatic heterocycles. The molecule has 0 saturated carbocycles. The number of rotatable bonds is 4. The van der Waals surface area contributed by atoms with Gasteiger partial charge in [-0.25, -0.2) is 4.98 Å². The van der Waals surface area contributed by atoms with E-state index in [0.717, 1.165) is 10.2 Å². The number of nitrogens with one attached hydrogen (secondary N) is 2. The zero-order valence-electron chi connectivity index (χ0n) is 17.7. The maximum Gasteiger partial charge on any atom is 0.293 e. The third-order valence-corrected chi connectivity index (χ3v) is 7.15. The van der Waals surface area contributed by atoms with E-state index in [1.807, 2.05) is 24.3 Å². The van der Waals surface area contributed by atoms with E-state index < -0.39 is 5.91 Å². The van der Waals surface area contributed by atoms with Gasteiger partial charge in [-0.05, 0) is 66.8 Å². The van der Waals surface area contributed by atoms with Crippen molar-refractivity contribution in [3.8, 4) is 27.6 Å². The van der Waals surface area contributed by atoms with Crippen molar-refractivity contribution in [2.45, 2.75) is 0 Å². The average molecular weight is 540 g/mol. The number of para-hydroxylation sites is 1. The number of hydrogen-bond donors (Lipinski definition) is 3. The fourth-order valence-electron chi connectivity index (χ4n) is 3.40. The van der Waals surface area contributed by atoms with Gasteiger partial charge in [-0.3, -0.25) is 10.1 Å². The molecule has 0 aliphatic carbocycles. The van der Waals surface area contributed by atoms with Crippen LogP contribution in [0.25, 0.3) is 32.1 Å². The molecule has 35 heavy (non-hydrogen) atoms. The highest BCUT2D eigenvalue weighted by Gasteiger charge is 2.17. The molecule has 174 valence electrons. The second-order valence-corrected chi connectivity index (χ2v) is 9.62. The van der Waals surface area contributed by atoms with Crippen molar-refractivity contribution in [2.75, 3.05) is 5.32 Å². The minimum atomic E-state index is -0.530. The number of phenolic OH excluding ortho intramolecular Hbond substituents is 1. The van der Waals surface area contributed by atoms with Gasteiger partial charge in [0.25, 0.3) is 5.91 Å². The van der Waals surface area contributed by atoms with E-state index in [-0.39, 0.29) is 16.6 Å². The number of thiocarbonyl (C=S) groups is 1. The second kappa shape index (κ2) is 9.67. The minimum absolute atomic E-state index is 0.0565. The summed E-state index contributed by atoms with van der Waals surface area (Å²) in [5.74, 6) is 0.0195. The van der Waals surface area contributed by atoms with Crippen molar-refractivity contribution in [1.82, 2.24) is 10.3 Å². The van der Waals surface area contributed by atoms with Crippen LogP contribution in [0.3, 0.4) is 0 Å². The Morgan fingerprint density at radius 3 is 2.66 bits per heavy atom. The number of aromatic hydroxyl groups is 1. The van der Waals surface area contributed by atoms with Crippen LogP contribution in [0, 0.1) is 0 Å². The van der Waals surface area contributed by atoms with E-state index in [2.05, 4.69) is 15.6 Å². The lowest BCUT2D eigenvalue weighted by Gasteiger charge is -2.10. The number of halogens is 2. The van der Waals surface area contributed by atoms with E-state index in [1.54, 1.807) is 42.5 Å². The highest BCUT2D eigenvalue weighted by Crippen LogP contribution is 2.37. The van der Waals surface area contributed by atoms with Crippen LogP contribution >= 0.6 is 46.8 Å². The third kappa shape index (κ3) is 4.87. The quantitative estimate of drug-likeness (QED) is 0.163. The van der Waals surface area contributed by atoms with Gasteiger partial charge in [0.05, 0.1) is 25.8 Å². The zero-order chi connectivity index (χ0) is 24.5. The molecule has 0 aliphatic rings. The molecular formula is C25H15Cl2N3O3S2. The summed E-state index contributed by atoms with van der Waals surface area (Å²) in [5.41, 5.74) is 2.56. The number of hydrogen-bond acceptors (Lipinski definition) is 6. The monoisotopic (exact) mass is 539 g/mol. The number of nitrogens with zero attached hydrogens (tertiary/aromatic N) is 1. The summed E-state index contributed by atoms with van der Waals surface area (Å²) in [4.78, 5) is 17.2. The van der Waals surface area contributed by atoms with Gasteiger partial charge in [0.1, 0.15) is 16.5 Å². The van der Waals surface area contributed by atoms with Crippen molar-refractivity contribution >= 4 is 73.7 Å². The molecule has 5 aromatic rings. The molecule has 0 spiro atoms. The normalized spacial score (nSPS) is 10.9. The van der Waals surface area contributed by atoms with Gasteiger partial charge in [0.2, 0.25) is 0 Å². The predicted octanol–water partition coefficient (Wildman–Crippen LogP) is 7.36. The van der Waals surface area contributed by atoms with Gasteiger partial charge in [-0.2, -0.15) is 0 Å². The van der Waals surface area contributed by atoms with Crippen LogP contribution in [0.5, 0.6) is 5.75 Å². The number of furan rings is 1. The Bertz CT molecular complexity index is 1560. The minimum Gasteiger partial charge on any atom is -0.507 e. The van der Waals surface area contributed by atoms with E-state index in [1.165, 1.54) is 17.4 Å². The molecule has 0 aliphatic heterocycles. The number of carbonyl (C=O) groups is 1. The van der Waals surface area contributed by atoms with Gasteiger partial charge >= 0.3 is 0 Å². The van der Waals surface area contributed by atoms with E-state index in [9.17, 15) is 9.90 Å². The fraction of sp³-hybridized carbons (Fsp3) is 0. The molecule has 0 saturated heterocycles. The number of thiazole rings is 1. The molecule has 0 bridgehead atoms. The topological polar surface area (TPSA) is 87.4 Å².